The summed E-state index contributed by atoms with van der Waals surface area (Å²) in [6, 6.07) is 18.0. The molecule has 2 aromatic carbocycles. The molecule has 1 atom stereocenters. The van der Waals surface area contributed by atoms with Gasteiger partial charge in [-0.2, -0.15) is 0 Å². The molecule has 1 fully saturated rings. The second-order valence-corrected chi connectivity index (χ2v) is 7.29. The first kappa shape index (κ1) is 17.7. The molecule has 5 heteroatoms. The van der Waals surface area contributed by atoms with Crippen LogP contribution in [0.4, 0.5) is 0 Å². The van der Waals surface area contributed by atoms with Crippen molar-refractivity contribution in [3.8, 4) is 0 Å². The molecule has 1 aromatic heterocycles. The Morgan fingerprint density at radius 2 is 1.85 bits per heavy atom. The number of rotatable bonds is 5. The number of hydrogen-bond donors (Lipinski definition) is 1. The monoisotopic (exact) mass is 363 g/mol. The highest BCUT2D eigenvalue weighted by molar-refractivity contribution is 5.83. The topological polar surface area (TPSA) is 56.1 Å². The van der Waals surface area contributed by atoms with Crippen molar-refractivity contribution in [2.75, 3.05) is 19.8 Å². The maximum atomic E-state index is 12.9. The SMILES string of the molecule is CC(C(=O)NCC1(c2ccccc2)CCOCC1)n1cnc2ccccc21. The van der Waals surface area contributed by atoms with Gasteiger partial charge in [0.15, 0.2) is 0 Å². The average Bonchev–Trinajstić information content (AvgIpc) is 3.17. The Bertz CT molecular complexity index is 913. The van der Waals surface area contributed by atoms with Gasteiger partial charge in [0.05, 0.1) is 17.4 Å². The summed E-state index contributed by atoms with van der Waals surface area (Å²) in [5.74, 6) is 0.0138. The minimum Gasteiger partial charge on any atom is -0.381 e. The van der Waals surface area contributed by atoms with Crippen LogP contribution >= 0.6 is 0 Å². The summed E-state index contributed by atoms with van der Waals surface area (Å²) in [6.45, 7) is 4.00. The molecule has 0 bridgehead atoms. The van der Waals surface area contributed by atoms with Crippen molar-refractivity contribution in [2.24, 2.45) is 0 Å². The van der Waals surface area contributed by atoms with Crippen LogP contribution < -0.4 is 5.32 Å². The predicted octanol–water partition coefficient (Wildman–Crippen LogP) is 3.46. The lowest BCUT2D eigenvalue weighted by Crippen LogP contribution is -2.46. The zero-order valence-corrected chi connectivity index (χ0v) is 15.6. The molecule has 0 spiro atoms. The third kappa shape index (κ3) is 3.47. The van der Waals surface area contributed by atoms with E-state index in [0.717, 1.165) is 37.1 Å². The molecule has 1 saturated heterocycles. The van der Waals surface area contributed by atoms with Crippen LogP contribution in [0.3, 0.4) is 0 Å². The number of nitrogens with zero attached hydrogens (tertiary/aromatic N) is 2. The second kappa shape index (κ2) is 7.53. The van der Waals surface area contributed by atoms with Crippen LogP contribution in [0.2, 0.25) is 0 Å². The molecular formula is C22H25N3O2. The van der Waals surface area contributed by atoms with Crippen molar-refractivity contribution in [3.63, 3.8) is 0 Å². The third-order valence-electron chi connectivity index (χ3n) is 5.71. The van der Waals surface area contributed by atoms with Gasteiger partial charge in [-0.15, -0.1) is 0 Å². The highest BCUT2D eigenvalue weighted by Crippen LogP contribution is 2.34. The summed E-state index contributed by atoms with van der Waals surface area (Å²) in [7, 11) is 0. The molecule has 0 radical (unpaired) electrons. The first-order valence-electron chi connectivity index (χ1n) is 9.52. The molecule has 1 aliphatic heterocycles. The number of carbonyl (C=O) groups is 1. The van der Waals surface area contributed by atoms with E-state index in [4.69, 9.17) is 4.74 Å². The first-order valence-corrected chi connectivity index (χ1v) is 9.52. The predicted molar refractivity (Wildman–Crippen MR) is 106 cm³/mol. The summed E-state index contributed by atoms with van der Waals surface area (Å²) in [5, 5.41) is 3.20. The van der Waals surface area contributed by atoms with Crippen molar-refractivity contribution in [1.82, 2.24) is 14.9 Å². The largest absolute Gasteiger partial charge is 0.381 e. The highest BCUT2D eigenvalue weighted by Gasteiger charge is 2.35. The lowest BCUT2D eigenvalue weighted by molar-refractivity contribution is -0.124. The van der Waals surface area contributed by atoms with Crippen LogP contribution in [0.25, 0.3) is 11.0 Å². The van der Waals surface area contributed by atoms with Crippen molar-refractivity contribution < 1.29 is 9.53 Å². The Labute approximate surface area is 159 Å². The van der Waals surface area contributed by atoms with Gasteiger partial charge in [0.25, 0.3) is 0 Å². The number of imidazole rings is 1. The quantitative estimate of drug-likeness (QED) is 0.755. The summed E-state index contributed by atoms with van der Waals surface area (Å²) >= 11 is 0. The molecule has 2 heterocycles. The molecule has 27 heavy (non-hydrogen) atoms. The van der Waals surface area contributed by atoms with E-state index in [-0.39, 0.29) is 17.4 Å². The van der Waals surface area contributed by atoms with Crippen LogP contribution in [-0.2, 0) is 14.9 Å². The fourth-order valence-corrected chi connectivity index (χ4v) is 3.94. The van der Waals surface area contributed by atoms with E-state index < -0.39 is 0 Å². The van der Waals surface area contributed by atoms with Crippen LogP contribution in [-0.4, -0.2) is 35.2 Å². The molecule has 140 valence electrons. The molecule has 0 saturated carbocycles. The van der Waals surface area contributed by atoms with Gasteiger partial charge in [0.1, 0.15) is 6.04 Å². The van der Waals surface area contributed by atoms with Crippen molar-refractivity contribution in [2.45, 2.75) is 31.2 Å². The van der Waals surface area contributed by atoms with E-state index in [1.165, 1.54) is 5.56 Å². The van der Waals surface area contributed by atoms with Gasteiger partial charge in [0.2, 0.25) is 5.91 Å². The number of amides is 1. The Morgan fingerprint density at radius 3 is 2.63 bits per heavy atom. The second-order valence-electron chi connectivity index (χ2n) is 7.29. The zero-order valence-electron chi connectivity index (χ0n) is 15.6. The first-order chi connectivity index (χ1) is 13.2. The fraction of sp³-hybridized carbons (Fsp3) is 0.364. The number of aromatic nitrogens is 2. The van der Waals surface area contributed by atoms with E-state index in [0.29, 0.717) is 6.54 Å². The molecule has 1 aliphatic rings. The van der Waals surface area contributed by atoms with E-state index in [1.807, 2.05) is 41.8 Å². The molecule has 5 nitrogen and oxygen atoms in total. The van der Waals surface area contributed by atoms with E-state index in [2.05, 4.69) is 34.6 Å². The van der Waals surface area contributed by atoms with Gasteiger partial charge in [-0.05, 0) is 37.5 Å². The fourth-order valence-electron chi connectivity index (χ4n) is 3.94. The van der Waals surface area contributed by atoms with E-state index in [9.17, 15) is 4.79 Å². The number of nitrogens with one attached hydrogen (secondary N) is 1. The minimum atomic E-state index is -0.315. The van der Waals surface area contributed by atoms with Crippen LogP contribution in [0.5, 0.6) is 0 Å². The smallest absolute Gasteiger partial charge is 0.242 e. The Kier molecular flexibility index (Phi) is 4.94. The lowest BCUT2D eigenvalue weighted by atomic mass is 9.74. The number of carbonyl (C=O) groups excluding carboxylic acids is 1. The third-order valence-corrected chi connectivity index (χ3v) is 5.71. The van der Waals surface area contributed by atoms with E-state index in [1.54, 1.807) is 6.33 Å². The van der Waals surface area contributed by atoms with Gasteiger partial charge in [-0.25, -0.2) is 4.98 Å². The molecule has 3 aromatic rings. The van der Waals surface area contributed by atoms with Gasteiger partial charge < -0.3 is 14.6 Å². The lowest BCUT2D eigenvalue weighted by Gasteiger charge is -2.38. The van der Waals surface area contributed by atoms with Gasteiger partial charge >= 0.3 is 0 Å². The summed E-state index contributed by atoms with van der Waals surface area (Å²) in [4.78, 5) is 17.3. The molecule has 1 unspecified atom stereocenters. The van der Waals surface area contributed by atoms with E-state index >= 15 is 0 Å². The normalized spacial score (nSPS) is 17.5. The van der Waals surface area contributed by atoms with Crippen LogP contribution in [0, 0.1) is 0 Å². The molecule has 0 aliphatic carbocycles. The van der Waals surface area contributed by atoms with Crippen molar-refractivity contribution >= 4 is 16.9 Å². The van der Waals surface area contributed by atoms with Gasteiger partial charge in [-0.3, -0.25) is 4.79 Å². The van der Waals surface area contributed by atoms with Crippen LogP contribution in [0.15, 0.2) is 60.9 Å². The molecular weight excluding hydrogens is 338 g/mol. The number of fused-ring (bicyclic) bond motifs is 1. The van der Waals surface area contributed by atoms with Crippen molar-refractivity contribution in [1.29, 1.82) is 0 Å². The number of para-hydroxylation sites is 2. The summed E-state index contributed by atoms with van der Waals surface area (Å²) in [6.07, 6.45) is 3.58. The summed E-state index contributed by atoms with van der Waals surface area (Å²) < 4.78 is 7.52. The maximum Gasteiger partial charge on any atom is 0.242 e. The van der Waals surface area contributed by atoms with Gasteiger partial charge in [0, 0.05) is 25.2 Å². The zero-order chi connectivity index (χ0) is 18.7. The number of ether oxygens (including phenoxy) is 1. The van der Waals surface area contributed by atoms with Crippen molar-refractivity contribution in [3.05, 3.63) is 66.5 Å². The minimum absolute atomic E-state index is 0.0138. The Hall–Kier alpha value is -2.66. The number of hydrogen-bond acceptors (Lipinski definition) is 3. The Morgan fingerprint density at radius 1 is 1.15 bits per heavy atom. The standard InChI is InChI=1S/C22H25N3O2/c1-17(25-16-24-19-9-5-6-10-20(19)25)21(26)23-15-22(11-13-27-14-12-22)18-7-3-2-4-8-18/h2-10,16-17H,11-15H2,1H3,(H,23,26). The molecule has 1 amide bonds. The van der Waals surface area contributed by atoms with Gasteiger partial charge in [-0.1, -0.05) is 42.5 Å². The molecule has 1 N–H and O–H groups in total. The highest BCUT2D eigenvalue weighted by atomic mass is 16.5. The van der Waals surface area contributed by atoms with Crippen LogP contribution in [0.1, 0.15) is 31.4 Å². The number of benzene rings is 2. The maximum absolute atomic E-state index is 12.9. The summed E-state index contributed by atoms with van der Waals surface area (Å²) in [5.41, 5.74) is 3.09. The Balaban J connectivity index is 1.51. The average molecular weight is 363 g/mol. The molecule has 4 rings (SSSR count).